The number of carbonyl (C=O) groups excluding carboxylic acids is 3. The van der Waals surface area contributed by atoms with Gasteiger partial charge in [-0.2, -0.15) is 0 Å². The maximum Gasteiger partial charge on any atom is 0.286 e. The van der Waals surface area contributed by atoms with Gasteiger partial charge < -0.3 is 19.5 Å². The van der Waals surface area contributed by atoms with Crippen molar-refractivity contribution in [3.8, 4) is 11.3 Å². The number of likely N-dealkylation sites (tertiary alicyclic amines) is 1. The van der Waals surface area contributed by atoms with Crippen molar-refractivity contribution in [3.63, 3.8) is 0 Å². The lowest BCUT2D eigenvalue weighted by atomic mass is 10.1. The Morgan fingerprint density at radius 3 is 2.75 bits per heavy atom. The lowest BCUT2D eigenvalue weighted by molar-refractivity contribution is -0.127. The predicted molar refractivity (Wildman–Crippen MR) is 105 cm³/mol. The van der Waals surface area contributed by atoms with E-state index in [1.807, 2.05) is 17.9 Å². The first-order chi connectivity index (χ1) is 13.4. The summed E-state index contributed by atoms with van der Waals surface area (Å²) in [6.07, 6.45) is 0.486. The van der Waals surface area contributed by atoms with Crippen LogP contribution in [0.3, 0.4) is 0 Å². The number of nitrogens with one attached hydrogen (secondary N) is 1. The van der Waals surface area contributed by atoms with Gasteiger partial charge in [0.05, 0.1) is 0 Å². The molecule has 0 radical (unpaired) electrons. The molecule has 1 aromatic heterocycles. The van der Waals surface area contributed by atoms with Gasteiger partial charge in [-0.15, -0.1) is 0 Å². The first-order valence-electron chi connectivity index (χ1n) is 9.38. The highest BCUT2D eigenvalue weighted by Crippen LogP contribution is 2.24. The lowest BCUT2D eigenvalue weighted by Gasteiger charge is -2.21. The predicted octanol–water partition coefficient (Wildman–Crippen LogP) is 2.25. The van der Waals surface area contributed by atoms with Crippen molar-refractivity contribution < 1.29 is 18.8 Å². The van der Waals surface area contributed by atoms with Gasteiger partial charge in [0.15, 0.2) is 5.76 Å². The molecule has 1 aliphatic heterocycles. The molecular formula is C21H25N3O4. The Morgan fingerprint density at radius 2 is 2.07 bits per heavy atom. The Kier molecular flexibility index (Phi) is 5.82. The molecular weight excluding hydrogens is 358 g/mol. The van der Waals surface area contributed by atoms with E-state index in [1.54, 1.807) is 42.3 Å². The smallest absolute Gasteiger partial charge is 0.286 e. The van der Waals surface area contributed by atoms with Crippen LogP contribution >= 0.6 is 0 Å². The third-order valence-corrected chi connectivity index (χ3v) is 5.01. The number of furan rings is 1. The molecule has 1 fully saturated rings. The number of hydrogen-bond donors (Lipinski definition) is 1. The van der Waals surface area contributed by atoms with Crippen molar-refractivity contribution in [2.45, 2.75) is 13.3 Å². The molecule has 1 aromatic carbocycles. The van der Waals surface area contributed by atoms with E-state index in [-0.39, 0.29) is 29.4 Å². The van der Waals surface area contributed by atoms with E-state index in [9.17, 15) is 14.4 Å². The molecule has 0 aliphatic carbocycles. The van der Waals surface area contributed by atoms with E-state index in [1.165, 1.54) is 7.05 Å². The molecule has 3 rings (SSSR count). The van der Waals surface area contributed by atoms with Gasteiger partial charge >= 0.3 is 0 Å². The second kappa shape index (κ2) is 8.29. The Bertz CT molecular complexity index is 889. The molecule has 1 aliphatic rings. The summed E-state index contributed by atoms with van der Waals surface area (Å²) in [5, 5.41) is 2.51. The monoisotopic (exact) mass is 383 g/mol. The van der Waals surface area contributed by atoms with Crippen LogP contribution in [-0.4, -0.2) is 61.3 Å². The number of amides is 3. The normalized spacial score (nSPS) is 16.3. The van der Waals surface area contributed by atoms with E-state index in [0.29, 0.717) is 37.4 Å². The van der Waals surface area contributed by atoms with E-state index in [4.69, 9.17) is 4.42 Å². The number of hydrogen-bond acceptors (Lipinski definition) is 4. The minimum Gasteiger partial charge on any atom is -0.451 e. The molecule has 2 heterocycles. The summed E-state index contributed by atoms with van der Waals surface area (Å²) in [5.41, 5.74) is 1.26. The van der Waals surface area contributed by atoms with Crippen molar-refractivity contribution >= 4 is 17.7 Å². The maximum atomic E-state index is 12.8. The molecule has 1 N–H and O–H groups in total. The fourth-order valence-electron chi connectivity index (χ4n) is 3.52. The minimum atomic E-state index is -0.301. The molecule has 1 unspecified atom stereocenters. The van der Waals surface area contributed by atoms with Crippen LogP contribution in [0.1, 0.15) is 34.3 Å². The number of nitrogens with zero attached hydrogens (tertiary/aromatic N) is 2. The van der Waals surface area contributed by atoms with Crippen molar-refractivity contribution in [2.24, 2.45) is 5.92 Å². The van der Waals surface area contributed by atoms with Crippen LogP contribution in [0.15, 0.2) is 40.8 Å². The second-order valence-corrected chi connectivity index (χ2v) is 7.01. The summed E-state index contributed by atoms with van der Waals surface area (Å²) in [4.78, 5) is 39.9. The Morgan fingerprint density at radius 1 is 1.29 bits per heavy atom. The maximum absolute atomic E-state index is 12.8. The first-order valence-corrected chi connectivity index (χ1v) is 9.38. The summed E-state index contributed by atoms with van der Waals surface area (Å²) in [7, 11) is 3.29. The van der Waals surface area contributed by atoms with Gasteiger partial charge in [-0.05, 0) is 31.2 Å². The molecule has 7 nitrogen and oxygen atoms in total. The zero-order valence-electron chi connectivity index (χ0n) is 16.4. The van der Waals surface area contributed by atoms with Crippen molar-refractivity contribution in [1.82, 2.24) is 15.1 Å². The zero-order chi connectivity index (χ0) is 20.3. The minimum absolute atomic E-state index is 0.109. The first kappa shape index (κ1) is 19.7. The van der Waals surface area contributed by atoms with Crippen molar-refractivity contribution in [1.29, 1.82) is 0 Å². The highest BCUT2D eigenvalue weighted by atomic mass is 16.3. The molecule has 1 saturated heterocycles. The molecule has 0 bridgehead atoms. The van der Waals surface area contributed by atoms with E-state index >= 15 is 0 Å². The van der Waals surface area contributed by atoms with Crippen LogP contribution < -0.4 is 5.32 Å². The van der Waals surface area contributed by atoms with Crippen LogP contribution in [0.2, 0.25) is 0 Å². The van der Waals surface area contributed by atoms with Crippen LogP contribution in [0.4, 0.5) is 0 Å². The van der Waals surface area contributed by atoms with E-state index in [0.717, 1.165) is 5.56 Å². The topological polar surface area (TPSA) is 82.9 Å². The van der Waals surface area contributed by atoms with Crippen LogP contribution in [0, 0.1) is 5.92 Å². The summed E-state index contributed by atoms with van der Waals surface area (Å²) in [6, 6.07) is 10.4. The van der Waals surface area contributed by atoms with Gasteiger partial charge in [0.1, 0.15) is 5.76 Å². The zero-order valence-corrected chi connectivity index (χ0v) is 16.4. The highest BCUT2D eigenvalue weighted by molar-refractivity contribution is 5.95. The number of benzene rings is 1. The standard InChI is InChI=1S/C21H25N3O4/c1-4-24-13-14(10-19(24)25)12-23(3)21(27)16-7-5-6-15(11-16)17-8-9-18(28-17)20(26)22-2/h5-9,11,14H,4,10,12-13H2,1-3H3,(H,22,26). The number of rotatable bonds is 6. The van der Waals surface area contributed by atoms with E-state index in [2.05, 4.69) is 5.32 Å². The van der Waals surface area contributed by atoms with Crippen LogP contribution in [0.25, 0.3) is 11.3 Å². The molecule has 28 heavy (non-hydrogen) atoms. The van der Waals surface area contributed by atoms with Crippen molar-refractivity contribution in [2.75, 3.05) is 33.7 Å². The van der Waals surface area contributed by atoms with Gasteiger partial charge in [0, 0.05) is 57.2 Å². The molecule has 0 spiro atoms. The molecule has 148 valence electrons. The largest absolute Gasteiger partial charge is 0.451 e. The average Bonchev–Trinajstić information content (AvgIpc) is 3.33. The average molecular weight is 383 g/mol. The summed E-state index contributed by atoms with van der Waals surface area (Å²) >= 11 is 0. The van der Waals surface area contributed by atoms with Crippen LogP contribution in [-0.2, 0) is 4.79 Å². The highest BCUT2D eigenvalue weighted by Gasteiger charge is 2.30. The van der Waals surface area contributed by atoms with Gasteiger partial charge in [-0.25, -0.2) is 0 Å². The molecule has 7 heteroatoms. The third-order valence-electron chi connectivity index (χ3n) is 5.01. The number of carbonyl (C=O) groups is 3. The molecule has 3 amide bonds. The second-order valence-electron chi connectivity index (χ2n) is 7.01. The van der Waals surface area contributed by atoms with Crippen LogP contribution in [0.5, 0.6) is 0 Å². The quantitative estimate of drug-likeness (QED) is 0.829. The van der Waals surface area contributed by atoms with Crippen molar-refractivity contribution in [3.05, 3.63) is 47.7 Å². The van der Waals surface area contributed by atoms with Gasteiger partial charge in [0.25, 0.3) is 11.8 Å². The summed E-state index contributed by atoms with van der Waals surface area (Å²) in [5.74, 6) is 0.645. The summed E-state index contributed by atoms with van der Waals surface area (Å²) < 4.78 is 5.58. The fraction of sp³-hybridized carbons (Fsp3) is 0.381. The Hall–Kier alpha value is -3.09. The molecule has 0 saturated carbocycles. The van der Waals surface area contributed by atoms with E-state index < -0.39 is 0 Å². The fourth-order valence-corrected chi connectivity index (χ4v) is 3.52. The van der Waals surface area contributed by atoms with Gasteiger partial charge in [0.2, 0.25) is 5.91 Å². The Balaban J connectivity index is 1.71. The van der Waals surface area contributed by atoms with Gasteiger partial charge in [-0.3, -0.25) is 14.4 Å². The lowest BCUT2D eigenvalue weighted by Crippen LogP contribution is -2.33. The third kappa shape index (κ3) is 4.08. The Labute approximate surface area is 164 Å². The molecule has 2 aromatic rings. The SMILES string of the molecule is CCN1CC(CN(C)C(=O)c2cccc(-c3ccc(C(=O)NC)o3)c2)CC1=O. The summed E-state index contributed by atoms with van der Waals surface area (Å²) in [6.45, 7) is 3.90. The van der Waals surface area contributed by atoms with Gasteiger partial charge in [-0.1, -0.05) is 12.1 Å². The molecule has 1 atom stereocenters.